The molecule has 8 nitrogen and oxygen atoms in total. The second-order valence-electron chi connectivity index (χ2n) is 3.78. The zero-order valence-corrected chi connectivity index (χ0v) is 11.6. The molecule has 9 heteroatoms. The predicted octanol–water partition coefficient (Wildman–Crippen LogP) is -0.200. The number of hydrogen-bond acceptors (Lipinski definition) is 7. The van der Waals surface area contributed by atoms with E-state index < -0.39 is 5.97 Å². The zero-order chi connectivity index (χ0) is 14.4. The summed E-state index contributed by atoms with van der Waals surface area (Å²) >= 11 is 1.37. The Morgan fingerprint density at radius 1 is 1.45 bits per heavy atom. The third-order valence-electron chi connectivity index (χ3n) is 2.47. The summed E-state index contributed by atoms with van der Waals surface area (Å²) in [6.07, 6.45) is 1.72. The van der Waals surface area contributed by atoms with Gasteiger partial charge in [-0.3, -0.25) is 9.59 Å². The standard InChI is InChI=1S/C11H13N5O3S/c1-19-10(18)8-16-11(12-13-14-16)20-7-6-15-5-3-2-4-9(15)17/h2-5H,6-8H2,1H3. The third kappa shape index (κ3) is 3.67. The molecule has 0 bridgehead atoms. The van der Waals surface area contributed by atoms with E-state index in [0.717, 1.165) is 0 Å². The summed E-state index contributed by atoms with van der Waals surface area (Å²) in [5.41, 5.74) is -0.0535. The van der Waals surface area contributed by atoms with E-state index in [1.54, 1.807) is 22.9 Å². The predicted molar refractivity (Wildman–Crippen MR) is 71.3 cm³/mol. The fraction of sp³-hybridized carbons (Fsp3) is 0.364. The van der Waals surface area contributed by atoms with Crippen LogP contribution < -0.4 is 5.56 Å². The van der Waals surface area contributed by atoms with Crippen molar-refractivity contribution in [2.75, 3.05) is 12.9 Å². The number of ether oxygens (including phenoxy) is 1. The number of esters is 1. The number of nitrogens with zero attached hydrogens (tertiary/aromatic N) is 5. The monoisotopic (exact) mass is 295 g/mol. The summed E-state index contributed by atoms with van der Waals surface area (Å²) in [6, 6.07) is 5.00. The molecule has 0 atom stereocenters. The SMILES string of the molecule is COC(=O)Cn1nnnc1SCCn1ccccc1=O. The molecule has 0 aromatic carbocycles. The van der Waals surface area contributed by atoms with E-state index in [9.17, 15) is 9.59 Å². The maximum absolute atomic E-state index is 11.5. The van der Waals surface area contributed by atoms with Crippen LogP contribution in [-0.2, 0) is 22.6 Å². The highest BCUT2D eigenvalue weighted by molar-refractivity contribution is 7.99. The molecular weight excluding hydrogens is 282 g/mol. The van der Waals surface area contributed by atoms with Crippen molar-refractivity contribution >= 4 is 17.7 Å². The summed E-state index contributed by atoms with van der Waals surface area (Å²) in [6.45, 7) is 0.506. The van der Waals surface area contributed by atoms with Crippen LogP contribution in [0.3, 0.4) is 0 Å². The molecule has 0 amide bonds. The molecule has 0 fully saturated rings. The van der Waals surface area contributed by atoms with Gasteiger partial charge in [0, 0.05) is 24.6 Å². The number of hydrogen-bond donors (Lipinski definition) is 0. The van der Waals surface area contributed by atoms with E-state index in [0.29, 0.717) is 17.5 Å². The van der Waals surface area contributed by atoms with Gasteiger partial charge in [0.1, 0.15) is 6.54 Å². The Hall–Kier alpha value is -2.16. The van der Waals surface area contributed by atoms with E-state index in [2.05, 4.69) is 20.3 Å². The zero-order valence-electron chi connectivity index (χ0n) is 10.8. The molecule has 2 heterocycles. The average molecular weight is 295 g/mol. The van der Waals surface area contributed by atoms with Gasteiger partial charge in [0.05, 0.1) is 7.11 Å². The van der Waals surface area contributed by atoms with Crippen molar-refractivity contribution in [3.63, 3.8) is 0 Å². The molecule has 0 unspecified atom stereocenters. The van der Waals surface area contributed by atoms with Crippen LogP contribution in [0.2, 0.25) is 0 Å². The van der Waals surface area contributed by atoms with Crippen molar-refractivity contribution in [3.8, 4) is 0 Å². The maximum atomic E-state index is 11.5. The van der Waals surface area contributed by atoms with Crippen LogP contribution in [0, 0.1) is 0 Å². The topological polar surface area (TPSA) is 91.9 Å². The summed E-state index contributed by atoms with van der Waals surface area (Å²) in [5, 5.41) is 11.6. The number of methoxy groups -OCH3 is 1. The van der Waals surface area contributed by atoms with Gasteiger partial charge < -0.3 is 9.30 Å². The Balaban J connectivity index is 1.92. The number of aryl methyl sites for hydroxylation is 1. The Morgan fingerprint density at radius 2 is 2.30 bits per heavy atom. The quantitative estimate of drug-likeness (QED) is 0.538. The first kappa shape index (κ1) is 14.3. The highest BCUT2D eigenvalue weighted by Crippen LogP contribution is 2.13. The van der Waals surface area contributed by atoms with Crippen LogP contribution >= 0.6 is 11.8 Å². The highest BCUT2D eigenvalue weighted by atomic mass is 32.2. The van der Waals surface area contributed by atoms with Gasteiger partial charge in [-0.1, -0.05) is 17.8 Å². The number of carbonyl (C=O) groups is 1. The molecular formula is C11H13N5O3S. The lowest BCUT2D eigenvalue weighted by Gasteiger charge is -2.05. The van der Waals surface area contributed by atoms with E-state index in [1.807, 2.05) is 0 Å². The fourth-order valence-corrected chi connectivity index (χ4v) is 2.28. The van der Waals surface area contributed by atoms with Gasteiger partial charge in [-0.15, -0.1) is 5.10 Å². The van der Waals surface area contributed by atoms with Crippen molar-refractivity contribution in [2.45, 2.75) is 18.2 Å². The number of thioether (sulfide) groups is 1. The Bertz CT molecular complexity index is 639. The van der Waals surface area contributed by atoms with Gasteiger partial charge in [0.2, 0.25) is 5.16 Å². The average Bonchev–Trinajstić information content (AvgIpc) is 2.88. The molecule has 0 aliphatic heterocycles. The second-order valence-corrected chi connectivity index (χ2v) is 4.84. The lowest BCUT2D eigenvalue weighted by molar-refractivity contribution is -0.141. The summed E-state index contributed by atoms with van der Waals surface area (Å²) in [4.78, 5) is 22.7. The Kier molecular flexibility index (Phi) is 4.88. The van der Waals surface area contributed by atoms with E-state index in [4.69, 9.17) is 0 Å². The molecule has 106 valence electrons. The molecule has 0 N–H and O–H groups in total. The van der Waals surface area contributed by atoms with Crippen molar-refractivity contribution in [2.24, 2.45) is 0 Å². The minimum Gasteiger partial charge on any atom is -0.468 e. The van der Waals surface area contributed by atoms with Gasteiger partial charge in [0.15, 0.2) is 0 Å². The molecule has 20 heavy (non-hydrogen) atoms. The molecule has 0 saturated heterocycles. The van der Waals surface area contributed by atoms with Crippen LogP contribution in [0.1, 0.15) is 0 Å². The van der Waals surface area contributed by atoms with Gasteiger partial charge in [-0.2, -0.15) is 0 Å². The number of aromatic nitrogens is 5. The molecule has 0 spiro atoms. The van der Waals surface area contributed by atoms with Crippen molar-refractivity contribution < 1.29 is 9.53 Å². The van der Waals surface area contributed by atoms with Crippen LogP contribution in [0.4, 0.5) is 0 Å². The van der Waals surface area contributed by atoms with Gasteiger partial charge >= 0.3 is 5.97 Å². The lowest BCUT2D eigenvalue weighted by atomic mass is 10.5. The fourth-order valence-electron chi connectivity index (χ4n) is 1.47. The molecule has 2 aromatic heterocycles. The molecule has 2 rings (SSSR count). The number of tetrazole rings is 1. The second kappa shape index (κ2) is 6.85. The minimum absolute atomic E-state index is 0.0306. The van der Waals surface area contributed by atoms with Gasteiger partial charge in [-0.25, -0.2) is 4.68 Å². The van der Waals surface area contributed by atoms with Gasteiger partial charge in [0.25, 0.3) is 5.56 Å². The molecule has 2 aromatic rings. The largest absolute Gasteiger partial charge is 0.468 e. The number of rotatable bonds is 6. The lowest BCUT2D eigenvalue weighted by Crippen LogP contribution is -2.19. The van der Waals surface area contributed by atoms with Crippen molar-refractivity contribution in [1.82, 2.24) is 24.8 Å². The van der Waals surface area contributed by atoms with Crippen molar-refractivity contribution in [3.05, 3.63) is 34.7 Å². The smallest absolute Gasteiger partial charge is 0.327 e. The normalized spacial score (nSPS) is 10.4. The molecule has 0 aliphatic carbocycles. The van der Waals surface area contributed by atoms with Crippen LogP contribution in [-0.4, -0.2) is 43.6 Å². The summed E-state index contributed by atoms with van der Waals surface area (Å²) < 4.78 is 7.52. The first-order chi connectivity index (χ1) is 9.70. The summed E-state index contributed by atoms with van der Waals surface area (Å²) in [5.74, 6) is 0.198. The van der Waals surface area contributed by atoms with Crippen molar-refractivity contribution in [1.29, 1.82) is 0 Å². The van der Waals surface area contributed by atoms with E-state index in [-0.39, 0.29) is 12.1 Å². The minimum atomic E-state index is -0.418. The van der Waals surface area contributed by atoms with Crippen LogP contribution in [0.15, 0.2) is 34.3 Å². The number of pyridine rings is 1. The number of carbonyl (C=O) groups excluding carboxylic acids is 1. The Morgan fingerprint density at radius 3 is 3.05 bits per heavy atom. The summed E-state index contributed by atoms with van der Waals surface area (Å²) in [7, 11) is 1.31. The third-order valence-corrected chi connectivity index (χ3v) is 3.41. The highest BCUT2D eigenvalue weighted by Gasteiger charge is 2.10. The Labute approximate surface area is 118 Å². The molecule has 0 radical (unpaired) electrons. The van der Waals surface area contributed by atoms with Crippen LogP contribution in [0.5, 0.6) is 0 Å². The van der Waals surface area contributed by atoms with E-state index in [1.165, 1.54) is 29.6 Å². The first-order valence-corrected chi connectivity index (χ1v) is 6.80. The maximum Gasteiger partial charge on any atom is 0.327 e. The van der Waals surface area contributed by atoms with Crippen LogP contribution in [0.25, 0.3) is 0 Å². The first-order valence-electron chi connectivity index (χ1n) is 5.82. The molecule has 0 aliphatic rings. The van der Waals surface area contributed by atoms with E-state index >= 15 is 0 Å². The van der Waals surface area contributed by atoms with Gasteiger partial charge in [-0.05, 0) is 16.5 Å². The molecule has 0 saturated carbocycles.